The zero-order valence-corrected chi connectivity index (χ0v) is 8.81. The smallest absolute Gasteiger partial charge is 0.217 e. The normalized spacial score (nSPS) is 10.5. The van der Waals surface area contributed by atoms with Crippen LogP contribution < -0.4 is 5.73 Å². The quantitative estimate of drug-likeness (QED) is 0.822. The third-order valence-electron chi connectivity index (χ3n) is 2.55. The summed E-state index contributed by atoms with van der Waals surface area (Å²) in [5.74, 6) is -0.0248. The van der Waals surface area contributed by atoms with Gasteiger partial charge in [-0.1, -0.05) is 24.3 Å². The summed E-state index contributed by atoms with van der Waals surface area (Å²) >= 11 is 0. The first-order valence-electron chi connectivity index (χ1n) is 5.15. The topological polar surface area (TPSA) is 63.3 Å². The van der Waals surface area contributed by atoms with Gasteiger partial charge in [-0.15, -0.1) is 0 Å². The van der Waals surface area contributed by atoms with Gasteiger partial charge < -0.3 is 10.8 Å². The Morgan fingerprint density at radius 3 is 2.56 bits per heavy atom. The number of aromatic hydroxyl groups is 1. The molecule has 0 aliphatic heterocycles. The predicted octanol–water partition coefficient (Wildman–Crippen LogP) is 1.96. The molecule has 2 rings (SSSR count). The third-order valence-corrected chi connectivity index (χ3v) is 2.55. The van der Waals surface area contributed by atoms with E-state index in [1.165, 1.54) is 0 Å². The Labute approximate surface area is 93.5 Å². The minimum absolute atomic E-state index is 0.261. The highest BCUT2D eigenvalue weighted by Gasteiger charge is 2.00. The Hall–Kier alpha value is -2.03. The van der Waals surface area contributed by atoms with Gasteiger partial charge in [0.15, 0.2) is 0 Å². The highest BCUT2D eigenvalue weighted by Crippen LogP contribution is 2.21. The fraction of sp³-hybridized carbons (Fsp3) is 0.154. The maximum Gasteiger partial charge on any atom is 0.217 e. The van der Waals surface area contributed by atoms with Gasteiger partial charge in [-0.3, -0.25) is 4.79 Å². The van der Waals surface area contributed by atoms with E-state index in [2.05, 4.69) is 0 Å². The molecule has 0 saturated heterocycles. The lowest BCUT2D eigenvalue weighted by atomic mass is 10.0. The van der Waals surface area contributed by atoms with Crippen LogP contribution in [-0.2, 0) is 11.2 Å². The van der Waals surface area contributed by atoms with Crippen LogP contribution in [0.25, 0.3) is 10.8 Å². The molecule has 0 fully saturated rings. The molecule has 0 saturated carbocycles. The molecule has 3 N–H and O–H groups in total. The van der Waals surface area contributed by atoms with Crippen molar-refractivity contribution in [2.45, 2.75) is 12.8 Å². The number of hydrogen-bond donors (Lipinski definition) is 2. The first-order valence-corrected chi connectivity index (χ1v) is 5.15. The minimum atomic E-state index is -0.286. The molecule has 16 heavy (non-hydrogen) atoms. The van der Waals surface area contributed by atoms with Crippen LogP contribution in [-0.4, -0.2) is 11.0 Å². The van der Waals surface area contributed by atoms with Crippen LogP contribution in [0.4, 0.5) is 0 Å². The van der Waals surface area contributed by atoms with Crippen molar-refractivity contribution >= 4 is 16.7 Å². The summed E-state index contributed by atoms with van der Waals surface area (Å²) in [6.07, 6.45) is 1.02. The average molecular weight is 215 g/mol. The second-order valence-electron chi connectivity index (χ2n) is 3.83. The van der Waals surface area contributed by atoms with Gasteiger partial charge in [0.25, 0.3) is 0 Å². The molecule has 0 bridgehead atoms. The zero-order chi connectivity index (χ0) is 11.5. The maximum atomic E-state index is 10.7. The summed E-state index contributed by atoms with van der Waals surface area (Å²) in [6.45, 7) is 0. The number of amides is 1. The van der Waals surface area contributed by atoms with E-state index in [1.807, 2.05) is 24.3 Å². The summed E-state index contributed by atoms with van der Waals surface area (Å²) in [4.78, 5) is 10.7. The fourth-order valence-corrected chi connectivity index (χ4v) is 1.71. The van der Waals surface area contributed by atoms with Crippen molar-refractivity contribution in [3.8, 4) is 5.75 Å². The lowest BCUT2D eigenvalue weighted by molar-refractivity contribution is -0.117. The minimum Gasteiger partial charge on any atom is -0.508 e. The number of phenols is 1. The molecule has 1 amide bonds. The van der Waals surface area contributed by atoms with Crippen molar-refractivity contribution in [2.75, 3.05) is 0 Å². The number of phenolic OH excluding ortho intramolecular Hbond substituents is 1. The molecule has 0 radical (unpaired) electrons. The zero-order valence-electron chi connectivity index (χ0n) is 8.81. The van der Waals surface area contributed by atoms with E-state index in [-0.39, 0.29) is 11.7 Å². The number of aryl methyl sites for hydroxylation is 1. The molecular formula is C13H13NO2. The van der Waals surface area contributed by atoms with Gasteiger partial charge in [-0.05, 0) is 34.9 Å². The van der Waals surface area contributed by atoms with E-state index in [1.54, 1.807) is 12.1 Å². The molecule has 82 valence electrons. The van der Waals surface area contributed by atoms with E-state index in [9.17, 15) is 9.90 Å². The van der Waals surface area contributed by atoms with Gasteiger partial charge in [0.1, 0.15) is 5.75 Å². The lowest BCUT2D eigenvalue weighted by Crippen LogP contribution is -2.11. The molecule has 0 unspecified atom stereocenters. The van der Waals surface area contributed by atoms with Crippen LogP contribution in [0.1, 0.15) is 12.0 Å². The van der Waals surface area contributed by atoms with Gasteiger partial charge in [0.05, 0.1) is 0 Å². The highest BCUT2D eigenvalue weighted by molar-refractivity contribution is 5.84. The van der Waals surface area contributed by atoms with Gasteiger partial charge in [0, 0.05) is 6.42 Å². The molecule has 0 aliphatic carbocycles. The van der Waals surface area contributed by atoms with Crippen molar-refractivity contribution in [3.63, 3.8) is 0 Å². The number of nitrogens with two attached hydrogens (primary N) is 1. The average Bonchev–Trinajstić information content (AvgIpc) is 2.26. The van der Waals surface area contributed by atoms with Gasteiger partial charge in [-0.2, -0.15) is 0 Å². The van der Waals surface area contributed by atoms with Crippen LogP contribution in [0.2, 0.25) is 0 Å². The third kappa shape index (κ3) is 2.31. The largest absolute Gasteiger partial charge is 0.508 e. The summed E-state index contributed by atoms with van der Waals surface area (Å²) in [6, 6.07) is 11.1. The molecule has 0 aliphatic rings. The molecule has 2 aromatic carbocycles. The molecule has 3 nitrogen and oxygen atoms in total. The van der Waals surface area contributed by atoms with Crippen molar-refractivity contribution in [2.24, 2.45) is 5.73 Å². The van der Waals surface area contributed by atoms with E-state index in [4.69, 9.17) is 5.73 Å². The Kier molecular flexibility index (Phi) is 2.77. The first kappa shape index (κ1) is 10.5. The van der Waals surface area contributed by atoms with Crippen molar-refractivity contribution in [1.82, 2.24) is 0 Å². The lowest BCUT2D eigenvalue weighted by Gasteiger charge is -2.03. The monoisotopic (exact) mass is 215 g/mol. The van der Waals surface area contributed by atoms with E-state index >= 15 is 0 Å². The van der Waals surface area contributed by atoms with Gasteiger partial charge >= 0.3 is 0 Å². The van der Waals surface area contributed by atoms with Crippen LogP contribution in [0.5, 0.6) is 5.75 Å². The van der Waals surface area contributed by atoms with Crippen molar-refractivity contribution in [3.05, 3.63) is 42.0 Å². The van der Waals surface area contributed by atoms with E-state index in [0.717, 1.165) is 16.3 Å². The SMILES string of the molecule is NC(=O)CCc1ccc2cc(O)ccc2c1. The predicted molar refractivity (Wildman–Crippen MR) is 63.1 cm³/mol. The number of rotatable bonds is 3. The number of primary amides is 1. The summed E-state index contributed by atoms with van der Waals surface area (Å²) in [5, 5.41) is 11.4. The molecule has 0 aromatic heterocycles. The number of carbonyl (C=O) groups excluding carboxylic acids is 1. The number of carbonyl (C=O) groups is 1. The van der Waals surface area contributed by atoms with Gasteiger partial charge in [0.2, 0.25) is 5.91 Å². The fourth-order valence-electron chi connectivity index (χ4n) is 1.71. The first-order chi connectivity index (χ1) is 7.65. The van der Waals surface area contributed by atoms with Crippen LogP contribution >= 0.6 is 0 Å². The Morgan fingerprint density at radius 1 is 1.12 bits per heavy atom. The van der Waals surface area contributed by atoms with Crippen molar-refractivity contribution < 1.29 is 9.90 Å². The summed E-state index contributed by atoms with van der Waals surface area (Å²) in [7, 11) is 0. The highest BCUT2D eigenvalue weighted by atomic mass is 16.3. The molecule has 0 atom stereocenters. The number of fused-ring (bicyclic) bond motifs is 1. The van der Waals surface area contributed by atoms with E-state index in [0.29, 0.717) is 12.8 Å². The summed E-state index contributed by atoms with van der Waals surface area (Å²) < 4.78 is 0. The molecule has 3 heteroatoms. The second kappa shape index (κ2) is 4.23. The second-order valence-corrected chi connectivity index (χ2v) is 3.83. The Morgan fingerprint density at radius 2 is 1.81 bits per heavy atom. The summed E-state index contributed by atoms with van der Waals surface area (Å²) in [5.41, 5.74) is 6.18. The standard InChI is InChI=1S/C13H13NO2/c14-13(16)6-2-9-1-3-11-8-12(15)5-4-10(11)7-9/h1,3-5,7-8,15H,2,6H2,(H2,14,16). The maximum absolute atomic E-state index is 10.7. The Balaban J connectivity index is 2.30. The molecular weight excluding hydrogens is 202 g/mol. The Bertz CT molecular complexity index is 534. The van der Waals surface area contributed by atoms with Crippen LogP contribution in [0, 0.1) is 0 Å². The number of hydrogen-bond acceptors (Lipinski definition) is 2. The molecule has 0 heterocycles. The number of benzene rings is 2. The van der Waals surface area contributed by atoms with Crippen LogP contribution in [0.3, 0.4) is 0 Å². The molecule has 2 aromatic rings. The molecule has 0 spiro atoms. The van der Waals surface area contributed by atoms with Crippen molar-refractivity contribution in [1.29, 1.82) is 0 Å². The van der Waals surface area contributed by atoms with Crippen LogP contribution in [0.15, 0.2) is 36.4 Å². The van der Waals surface area contributed by atoms with E-state index < -0.39 is 0 Å². The van der Waals surface area contributed by atoms with Gasteiger partial charge in [-0.25, -0.2) is 0 Å².